The topological polar surface area (TPSA) is 42.2 Å². The Labute approximate surface area is 81.1 Å². The van der Waals surface area contributed by atoms with E-state index in [0.29, 0.717) is 23.4 Å². The molecule has 4 heteroatoms. The minimum Gasteiger partial charge on any atom is -0.455 e. The Balaban J connectivity index is 2.01. The molecule has 1 N–H and O–H groups in total. The normalized spacial score (nSPS) is 15.8. The van der Waals surface area contributed by atoms with Crippen LogP contribution in [-0.4, -0.2) is 11.9 Å². The fourth-order valence-electron chi connectivity index (χ4n) is 1.06. The molecule has 0 bridgehead atoms. The van der Waals surface area contributed by atoms with Crippen molar-refractivity contribution in [3.8, 4) is 0 Å². The van der Waals surface area contributed by atoms with E-state index in [9.17, 15) is 4.79 Å². The maximum atomic E-state index is 11.4. The standard InChI is InChI=1S/C9H10ClNO2/c10-5-7-3-4-8(13-7)9(12)11-6-1-2-6/h3-4,6H,1-2,5H2,(H,11,12). The van der Waals surface area contributed by atoms with Gasteiger partial charge in [-0.2, -0.15) is 0 Å². The Morgan fingerprint density at radius 2 is 2.38 bits per heavy atom. The largest absolute Gasteiger partial charge is 0.455 e. The molecule has 1 aliphatic rings. The zero-order valence-electron chi connectivity index (χ0n) is 7.05. The van der Waals surface area contributed by atoms with Gasteiger partial charge >= 0.3 is 0 Å². The number of hydrogen-bond acceptors (Lipinski definition) is 2. The Morgan fingerprint density at radius 1 is 1.62 bits per heavy atom. The van der Waals surface area contributed by atoms with Gasteiger partial charge in [-0.3, -0.25) is 4.79 Å². The predicted molar refractivity (Wildman–Crippen MR) is 48.8 cm³/mol. The number of carbonyl (C=O) groups excluding carboxylic acids is 1. The molecule has 13 heavy (non-hydrogen) atoms. The molecule has 2 rings (SSSR count). The maximum Gasteiger partial charge on any atom is 0.287 e. The Hall–Kier alpha value is -0.960. The van der Waals surface area contributed by atoms with Crippen molar-refractivity contribution in [2.75, 3.05) is 0 Å². The van der Waals surface area contributed by atoms with E-state index < -0.39 is 0 Å². The molecule has 1 saturated carbocycles. The van der Waals surface area contributed by atoms with E-state index >= 15 is 0 Å². The Kier molecular flexibility index (Phi) is 2.27. The molecule has 0 radical (unpaired) electrons. The fourth-order valence-corrected chi connectivity index (χ4v) is 1.20. The van der Waals surface area contributed by atoms with Crippen LogP contribution in [0.3, 0.4) is 0 Å². The summed E-state index contributed by atoms with van der Waals surface area (Å²) in [7, 11) is 0. The van der Waals surface area contributed by atoms with Crippen LogP contribution in [0.25, 0.3) is 0 Å². The van der Waals surface area contributed by atoms with Crippen molar-refractivity contribution in [2.45, 2.75) is 24.8 Å². The molecular weight excluding hydrogens is 190 g/mol. The van der Waals surface area contributed by atoms with E-state index in [-0.39, 0.29) is 5.91 Å². The molecule has 1 aromatic rings. The minimum absolute atomic E-state index is 0.140. The molecule has 1 aliphatic carbocycles. The lowest BCUT2D eigenvalue weighted by Gasteiger charge is -1.98. The third kappa shape index (κ3) is 2.04. The van der Waals surface area contributed by atoms with Gasteiger partial charge in [0.2, 0.25) is 0 Å². The second-order valence-electron chi connectivity index (χ2n) is 3.15. The summed E-state index contributed by atoms with van der Waals surface area (Å²) in [6.45, 7) is 0. The van der Waals surface area contributed by atoms with Crippen LogP contribution in [0.15, 0.2) is 16.5 Å². The number of amides is 1. The molecule has 0 aromatic carbocycles. The number of alkyl halides is 1. The van der Waals surface area contributed by atoms with Crippen molar-refractivity contribution in [1.82, 2.24) is 5.32 Å². The van der Waals surface area contributed by atoms with Gasteiger partial charge in [-0.15, -0.1) is 11.6 Å². The van der Waals surface area contributed by atoms with Gasteiger partial charge in [0, 0.05) is 6.04 Å². The van der Waals surface area contributed by atoms with Gasteiger partial charge < -0.3 is 9.73 Å². The average molecular weight is 200 g/mol. The van der Waals surface area contributed by atoms with Gasteiger partial charge in [0.1, 0.15) is 5.76 Å². The first-order chi connectivity index (χ1) is 6.29. The van der Waals surface area contributed by atoms with Crippen LogP contribution in [0, 0.1) is 0 Å². The molecule has 1 aromatic heterocycles. The second kappa shape index (κ2) is 3.42. The first-order valence-electron chi connectivity index (χ1n) is 4.25. The molecule has 1 fully saturated rings. The quantitative estimate of drug-likeness (QED) is 0.756. The highest BCUT2D eigenvalue weighted by molar-refractivity contribution is 6.16. The highest BCUT2D eigenvalue weighted by atomic mass is 35.5. The lowest BCUT2D eigenvalue weighted by atomic mass is 10.4. The Bertz CT molecular complexity index is 317. The first-order valence-corrected chi connectivity index (χ1v) is 4.78. The van der Waals surface area contributed by atoms with Gasteiger partial charge in [-0.1, -0.05) is 0 Å². The summed E-state index contributed by atoms with van der Waals surface area (Å²) in [5.41, 5.74) is 0. The van der Waals surface area contributed by atoms with Crippen LogP contribution in [0.1, 0.15) is 29.2 Å². The smallest absolute Gasteiger partial charge is 0.287 e. The molecule has 0 aliphatic heterocycles. The molecule has 1 heterocycles. The number of nitrogens with one attached hydrogen (secondary N) is 1. The van der Waals surface area contributed by atoms with Crippen LogP contribution in [0.2, 0.25) is 0 Å². The summed E-state index contributed by atoms with van der Waals surface area (Å²) in [4.78, 5) is 11.4. The number of furan rings is 1. The molecule has 3 nitrogen and oxygen atoms in total. The number of hydrogen-bond donors (Lipinski definition) is 1. The predicted octanol–water partition coefficient (Wildman–Crippen LogP) is 1.91. The summed E-state index contributed by atoms with van der Waals surface area (Å²) >= 11 is 5.54. The molecule has 0 saturated heterocycles. The first kappa shape index (κ1) is 8.63. The lowest BCUT2D eigenvalue weighted by molar-refractivity contribution is 0.0922. The van der Waals surface area contributed by atoms with E-state index in [4.69, 9.17) is 16.0 Å². The summed E-state index contributed by atoms with van der Waals surface area (Å²) < 4.78 is 5.18. The van der Waals surface area contributed by atoms with Gasteiger partial charge in [0.25, 0.3) is 5.91 Å². The van der Waals surface area contributed by atoms with Crippen molar-refractivity contribution >= 4 is 17.5 Å². The van der Waals surface area contributed by atoms with Crippen LogP contribution in [0.4, 0.5) is 0 Å². The van der Waals surface area contributed by atoms with Crippen LogP contribution < -0.4 is 5.32 Å². The molecule has 0 spiro atoms. The Morgan fingerprint density at radius 3 is 2.92 bits per heavy atom. The van der Waals surface area contributed by atoms with Crippen molar-refractivity contribution in [1.29, 1.82) is 0 Å². The van der Waals surface area contributed by atoms with Gasteiger partial charge in [0.05, 0.1) is 5.88 Å². The molecule has 0 unspecified atom stereocenters. The van der Waals surface area contributed by atoms with Crippen LogP contribution >= 0.6 is 11.6 Å². The minimum atomic E-state index is -0.140. The van der Waals surface area contributed by atoms with Crippen molar-refractivity contribution in [3.05, 3.63) is 23.7 Å². The third-order valence-electron chi connectivity index (χ3n) is 1.93. The second-order valence-corrected chi connectivity index (χ2v) is 3.41. The highest BCUT2D eigenvalue weighted by Gasteiger charge is 2.24. The van der Waals surface area contributed by atoms with Crippen LogP contribution in [-0.2, 0) is 5.88 Å². The SMILES string of the molecule is O=C(NC1CC1)c1ccc(CCl)o1. The molecule has 1 amide bonds. The van der Waals surface area contributed by atoms with Crippen LogP contribution in [0.5, 0.6) is 0 Å². The van der Waals surface area contributed by atoms with E-state index in [1.54, 1.807) is 12.1 Å². The monoisotopic (exact) mass is 199 g/mol. The van der Waals surface area contributed by atoms with E-state index in [2.05, 4.69) is 5.32 Å². The number of carbonyl (C=O) groups is 1. The van der Waals surface area contributed by atoms with E-state index in [1.807, 2.05) is 0 Å². The van der Waals surface area contributed by atoms with Gasteiger partial charge in [0.15, 0.2) is 5.76 Å². The zero-order valence-corrected chi connectivity index (χ0v) is 7.80. The van der Waals surface area contributed by atoms with E-state index in [1.165, 1.54) is 0 Å². The molecule has 0 atom stereocenters. The van der Waals surface area contributed by atoms with Crippen molar-refractivity contribution in [3.63, 3.8) is 0 Å². The van der Waals surface area contributed by atoms with Gasteiger partial charge in [-0.05, 0) is 25.0 Å². The van der Waals surface area contributed by atoms with E-state index in [0.717, 1.165) is 12.8 Å². The summed E-state index contributed by atoms with van der Waals surface area (Å²) in [6.07, 6.45) is 2.16. The number of rotatable bonds is 3. The fraction of sp³-hybridized carbons (Fsp3) is 0.444. The summed E-state index contributed by atoms with van der Waals surface area (Å²) in [5, 5.41) is 2.83. The summed E-state index contributed by atoms with van der Waals surface area (Å²) in [5.74, 6) is 1.14. The summed E-state index contributed by atoms with van der Waals surface area (Å²) in [6, 6.07) is 3.72. The lowest BCUT2D eigenvalue weighted by Crippen LogP contribution is -2.24. The van der Waals surface area contributed by atoms with Gasteiger partial charge in [-0.25, -0.2) is 0 Å². The van der Waals surface area contributed by atoms with Crippen molar-refractivity contribution in [2.24, 2.45) is 0 Å². The zero-order chi connectivity index (χ0) is 9.26. The maximum absolute atomic E-state index is 11.4. The average Bonchev–Trinajstić information content (AvgIpc) is 2.82. The molecule has 70 valence electrons. The van der Waals surface area contributed by atoms with Crippen molar-refractivity contribution < 1.29 is 9.21 Å². The highest BCUT2D eigenvalue weighted by Crippen LogP contribution is 2.19. The number of halogens is 1. The molecular formula is C9H10ClNO2. The third-order valence-corrected chi connectivity index (χ3v) is 2.19.